The van der Waals surface area contributed by atoms with E-state index >= 15 is 0 Å². The molecule has 14 heavy (non-hydrogen) atoms. The van der Waals surface area contributed by atoms with E-state index in [1.165, 1.54) is 0 Å². The molecule has 0 radical (unpaired) electrons. The molecule has 2 N–H and O–H groups in total. The van der Waals surface area contributed by atoms with Gasteiger partial charge in [0.1, 0.15) is 0 Å². The molecule has 3 nitrogen and oxygen atoms in total. The Morgan fingerprint density at radius 3 is 2.64 bits per heavy atom. The third-order valence-corrected chi connectivity index (χ3v) is 2.23. The molecular weight excluding hydrogens is 176 g/mol. The standard InChI is InChI=1S/C11H20N2O/c1-5-7-12-8-10(14)13-9-11(3,4)6-2/h1,12H,6-9H2,2-4H3,(H,13,14). The van der Waals surface area contributed by atoms with Crippen LogP contribution in [-0.4, -0.2) is 25.5 Å². The van der Waals surface area contributed by atoms with Crippen molar-refractivity contribution in [2.75, 3.05) is 19.6 Å². The molecular formula is C11H20N2O. The third-order valence-electron chi connectivity index (χ3n) is 2.23. The van der Waals surface area contributed by atoms with Crippen LogP contribution in [0.5, 0.6) is 0 Å². The average Bonchev–Trinajstić information content (AvgIpc) is 2.16. The first-order chi connectivity index (χ1) is 6.52. The van der Waals surface area contributed by atoms with Crippen molar-refractivity contribution in [1.29, 1.82) is 0 Å². The highest BCUT2D eigenvalue weighted by Gasteiger charge is 2.15. The number of terminal acetylenes is 1. The number of hydrogen-bond donors (Lipinski definition) is 2. The molecule has 0 spiro atoms. The summed E-state index contributed by atoms with van der Waals surface area (Å²) in [5, 5.41) is 5.70. The zero-order chi connectivity index (χ0) is 11.0. The van der Waals surface area contributed by atoms with Crippen molar-refractivity contribution >= 4 is 5.91 Å². The normalized spacial score (nSPS) is 10.7. The van der Waals surface area contributed by atoms with Crippen LogP contribution in [0.3, 0.4) is 0 Å². The minimum Gasteiger partial charge on any atom is -0.354 e. The quantitative estimate of drug-likeness (QED) is 0.486. The van der Waals surface area contributed by atoms with Gasteiger partial charge in [0.05, 0.1) is 13.1 Å². The van der Waals surface area contributed by atoms with Gasteiger partial charge in [0.2, 0.25) is 5.91 Å². The lowest BCUT2D eigenvalue weighted by Gasteiger charge is -2.22. The molecule has 0 aliphatic rings. The zero-order valence-electron chi connectivity index (χ0n) is 9.31. The highest BCUT2D eigenvalue weighted by Crippen LogP contribution is 2.17. The van der Waals surface area contributed by atoms with Gasteiger partial charge in [-0.3, -0.25) is 10.1 Å². The summed E-state index contributed by atoms with van der Waals surface area (Å²) in [5.74, 6) is 2.42. The molecule has 0 aromatic heterocycles. The Morgan fingerprint density at radius 2 is 2.14 bits per heavy atom. The summed E-state index contributed by atoms with van der Waals surface area (Å²) >= 11 is 0. The molecule has 1 amide bonds. The van der Waals surface area contributed by atoms with E-state index in [-0.39, 0.29) is 11.3 Å². The van der Waals surface area contributed by atoms with Gasteiger partial charge in [-0.2, -0.15) is 0 Å². The Bertz CT molecular complexity index is 216. The van der Waals surface area contributed by atoms with Crippen LogP contribution >= 0.6 is 0 Å². The van der Waals surface area contributed by atoms with Crippen LogP contribution in [0.4, 0.5) is 0 Å². The number of carbonyl (C=O) groups excluding carboxylic acids is 1. The Kier molecular flexibility index (Phi) is 5.98. The van der Waals surface area contributed by atoms with Gasteiger partial charge >= 0.3 is 0 Å². The van der Waals surface area contributed by atoms with Crippen LogP contribution in [0.1, 0.15) is 27.2 Å². The molecule has 0 aliphatic carbocycles. The molecule has 0 unspecified atom stereocenters. The highest BCUT2D eigenvalue weighted by molar-refractivity contribution is 5.78. The van der Waals surface area contributed by atoms with E-state index in [0.717, 1.165) is 6.42 Å². The molecule has 0 aromatic carbocycles. The van der Waals surface area contributed by atoms with E-state index < -0.39 is 0 Å². The lowest BCUT2D eigenvalue weighted by molar-refractivity contribution is -0.120. The molecule has 0 aromatic rings. The van der Waals surface area contributed by atoms with E-state index in [1.54, 1.807) is 0 Å². The lowest BCUT2D eigenvalue weighted by Crippen LogP contribution is -2.39. The summed E-state index contributed by atoms with van der Waals surface area (Å²) in [5.41, 5.74) is 0.168. The molecule has 3 heteroatoms. The maximum Gasteiger partial charge on any atom is 0.234 e. The van der Waals surface area contributed by atoms with Crippen molar-refractivity contribution < 1.29 is 4.79 Å². The fourth-order valence-electron chi connectivity index (χ4n) is 0.774. The van der Waals surface area contributed by atoms with Crippen LogP contribution in [0, 0.1) is 17.8 Å². The molecule has 80 valence electrons. The number of hydrogen-bond acceptors (Lipinski definition) is 2. The molecule has 0 rings (SSSR count). The largest absolute Gasteiger partial charge is 0.354 e. The van der Waals surface area contributed by atoms with E-state index in [2.05, 4.69) is 37.3 Å². The first-order valence-electron chi connectivity index (χ1n) is 4.92. The Labute approximate surface area is 86.6 Å². The second kappa shape index (κ2) is 6.44. The minimum absolute atomic E-state index is 0.00164. The topological polar surface area (TPSA) is 41.1 Å². The smallest absolute Gasteiger partial charge is 0.234 e. The van der Waals surface area contributed by atoms with Gasteiger partial charge in [-0.25, -0.2) is 0 Å². The number of amides is 1. The van der Waals surface area contributed by atoms with Gasteiger partial charge < -0.3 is 5.32 Å². The molecule has 0 fully saturated rings. The SMILES string of the molecule is C#CCNCC(=O)NCC(C)(C)CC. The van der Waals surface area contributed by atoms with Crippen molar-refractivity contribution in [2.24, 2.45) is 5.41 Å². The summed E-state index contributed by atoms with van der Waals surface area (Å²) < 4.78 is 0. The Morgan fingerprint density at radius 1 is 1.50 bits per heavy atom. The maximum absolute atomic E-state index is 11.2. The fourth-order valence-corrected chi connectivity index (χ4v) is 0.774. The van der Waals surface area contributed by atoms with Gasteiger partial charge in [-0.05, 0) is 11.8 Å². The second-order valence-corrected chi connectivity index (χ2v) is 4.10. The Balaban J connectivity index is 3.60. The molecule has 0 saturated heterocycles. The van der Waals surface area contributed by atoms with Gasteiger partial charge in [-0.15, -0.1) is 6.42 Å². The van der Waals surface area contributed by atoms with Crippen LogP contribution in [0.25, 0.3) is 0 Å². The van der Waals surface area contributed by atoms with E-state index in [9.17, 15) is 4.79 Å². The fraction of sp³-hybridized carbons (Fsp3) is 0.727. The zero-order valence-corrected chi connectivity index (χ0v) is 9.31. The van der Waals surface area contributed by atoms with E-state index in [4.69, 9.17) is 6.42 Å². The van der Waals surface area contributed by atoms with Crippen molar-refractivity contribution in [1.82, 2.24) is 10.6 Å². The van der Waals surface area contributed by atoms with Gasteiger partial charge in [-0.1, -0.05) is 26.7 Å². The molecule has 0 saturated carbocycles. The van der Waals surface area contributed by atoms with Crippen LogP contribution in [0.2, 0.25) is 0 Å². The molecule has 0 atom stereocenters. The number of rotatable bonds is 6. The summed E-state index contributed by atoms with van der Waals surface area (Å²) in [4.78, 5) is 11.2. The first-order valence-corrected chi connectivity index (χ1v) is 4.92. The summed E-state index contributed by atoms with van der Waals surface area (Å²) in [6, 6.07) is 0. The van der Waals surface area contributed by atoms with Crippen LogP contribution in [0.15, 0.2) is 0 Å². The molecule has 0 bridgehead atoms. The van der Waals surface area contributed by atoms with Crippen LogP contribution < -0.4 is 10.6 Å². The molecule has 0 aliphatic heterocycles. The van der Waals surface area contributed by atoms with Crippen molar-refractivity contribution in [3.05, 3.63) is 0 Å². The first kappa shape index (κ1) is 13.0. The number of carbonyl (C=O) groups is 1. The predicted octanol–water partition coefficient (Wildman–Crippen LogP) is 0.762. The summed E-state index contributed by atoms with van der Waals surface area (Å²) in [6.45, 7) is 7.81. The van der Waals surface area contributed by atoms with Crippen LogP contribution in [-0.2, 0) is 4.79 Å². The van der Waals surface area contributed by atoms with Crippen molar-refractivity contribution in [2.45, 2.75) is 27.2 Å². The summed E-state index contributed by atoms with van der Waals surface area (Å²) in [7, 11) is 0. The molecule has 0 heterocycles. The van der Waals surface area contributed by atoms with E-state index in [0.29, 0.717) is 19.6 Å². The van der Waals surface area contributed by atoms with Gasteiger partial charge in [0, 0.05) is 6.54 Å². The number of nitrogens with one attached hydrogen (secondary N) is 2. The lowest BCUT2D eigenvalue weighted by atomic mass is 9.90. The highest BCUT2D eigenvalue weighted by atomic mass is 16.1. The monoisotopic (exact) mass is 196 g/mol. The average molecular weight is 196 g/mol. The van der Waals surface area contributed by atoms with Gasteiger partial charge in [0.25, 0.3) is 0 Å². The Hall–Kier alpha value is -1.01. The van der Waals surface area contributed by atoms with E-state index in [1.807, 2.05) is 0 Å². The van der Waals surface area contributed by atoms with Gasteiger partial charge in [0.15, 0.2) is 0 Å². The van der Waals surface area contributed by atoms with Crippen molar-refractivity contribution in [3.8, 4) is 12.3 Å². The predicted molar refractivity (Wildman–Crippen MR) is 58.8 cm³/mol. The third kappa shape index (κ3) is 6.50. The summed E-state index contributed by atoms with van der Waals surface area (Å²) in [6.07, 6.45) is 6.08. The second-order valence-electron chi connectivity index (χ2n) is 4.10. The van der Waals surface area contributed by atoms with Crippen molar-refractivity contribution in [3.63, 3.8) is 0 Å². The maximum atomic E-state index is 11.2. The minimum atomic E-state index is 0.00164.